The number of nitrogens with zero attached hydrogens (tertiary/aromatic N) is 3. The van der Waals surface area contributed by atoms with E-state index in [9.17, 15) is 13.2 Å². The van der Waals surface area contributed by atoms with E-state index in [1.807, 2.05) is 18.2 Å². The van der Waals surface area contributed by atoms with Gasteiger partial charge in [-0.15, -0.1) is 23.7 Å². The van der Waals surface area contributed by atoms with Crippen LogP contribution in [0.5, 0.6) is 0 Å². The third-order valence-electron chi connectivity index (χ3n) is 4.32. The van der Waals surface area contributed by atoms with Gasteiger partial charge in [-0.1, -0.05) is 6.07 Å². The molecule has 1 saturated heterocycles. The Morgan fingerprint density at radius 1 is 1.15 bits per heavy atom. The van der Waals surface area contributed by atoms with Crippen LogP contribution in [-0.2, 0) is 19.3 Å². The van der Waals surface area contributed by atoms with Crippen LogP contribution in [0.4, 0.5) is 13.2 Å². The highest BCUT2D eigenvalue weighted by Crippen LogP contribution is 2.34. The average Bonchev–Trinajstić information content (AvgIpc) is 2.89. The second-order valence-corrected chi connectivity index (χ2v) is 7.29. The molecule has 0 bridgehead atoms. The van der Waals surface area contributed by atoms with Crippen LogP contribution in [-0.4, -0.2) is 34.0 Å². The maximum Gasteiger partial charge on any atom is 0.427 e. The molecule has 1 fully saturated rings. The molecule has 1 aliphatic heterocycles. The lowest BCUT2D eigenvalue weighted by atomic mass is 10.1. The van der Waals surface area contributed by atoms with Crippen LogP contribution in [0.1, 0.15) is 34.8 Å². The zero-order valence-corrected chi connectivity index (χ0v) is 15.8. The van der Waals surface area contributed by atoms with Gasteiger partial charge < -0.3 is 5.32 Å². The van der Waals surface area contributed by atoms with Gasteiger partial charge in [0.25, 0.3) is 0 Å². The number of alkyl halides is 3. The minimum absolute atomic E-state index is 0. The van der Waals surface area contributed by atoms with Crippen molar-refractivity contribution in [1.82, 2.24) is 20.2 Å². The van der Waals surface area contributed by atoms with E-state index < -0.39 is 11.1 Å². The van der Waals surface area contributed by atoms with Gasteiger partial charge in [0.1, 0.15) is 9.88 Å². The van der Waals surface area contributed by atoms with E-state index in [2.05, 4.69) is 20.2 Å². The minimum Gasteiger partial charge on any atom is -0.317 e. The summed E-state index contributed by atoms with van der Waals surface area (Å²) in [6, 6.07) is 6.06. The van der Waals surface area contributed by atoms with Crippen molar-refractivity contribution < 1.29 is 13.2 Å². The molecule has 0 aliphatic carbocycles. The van der Waals surface area contributed by atoms with Crippen molar-refractivity contribution in [3.05, 3.63) is 46.2 Å². The lowest BCUT2D eigenvalue weighted by Gasteiger charge is -2.30. The lowest BCUT2D eigenvalue weighted by molar-refractivity contribution is -0.134. The second kappa shape index (κ2) is 9.64. The van der Waals surface area contributed by atoms with Crippen molar-refractivity contribution >= 4 is 23.7 Å². The average molecular weight is 407 g/mol. The van der Waals surface area contributed by atoms with Crippen LogP contribution >= 0.6 is 23.7 Å². The first-order valence-corrected chi connectivity index (χ1v) is 9.20. The molecule has 3 rings (SSSR count). The summed E-state index contributed by atoms with van der Waals surface area (Å²) < 4.78 is 38.5. The highest BCUT2D eigenvalue weighted by atomic mass is 35.5. The largest absolute Gasteiger partial charge is 0.427 e. The molecule has 0 saturated carbocycles. The van der Waals surface area contributed by atoms with Gasteiger partial charge in [-0.3, -0.25) is 9.88 Å². The summed E-state index contributed by atoms with van der Waals surface area (Å²) in [5.41, 5.74) is 0.923. The summed E-state index contributed by atoms with van der Waals surface area (Å²) in [7, 11) is 0. The number of aromatic nitrogens is 2. The van der Waals surface area contributed by atoms with E-state index in [0.717, 1.165) is 55.6 Å². The molecule has 3 heterocycles. The first-order chi connectivity index (χ1) is 12.0. The van der Waals surface area contributed by atoms with Crippen molar-refractivity contribution in [2.24, 2.45) is 0 Å². The molecular formula is C17H22ClF3N4S. The summed E-state index contributed by atoms with van der Waals surface area (Å²) in [5.74, 6) is 0. The number of hydrogen-bond acceptors (Lipinski definition) is 5. The van der Waals surface area contributed by atoms with Gasteiger partial charge >= 0.3 is 6.18 Å². The Balaban J connectivity index is 0.00000243. The highest BCUT2D eigenvalue weighted by Gasteiger charge is 2.33. The van der Waals surface area contributed by atoms with Crippen molar-refractivity contribution in [2.45, 2.75) is 44.6 Å². The molecular weight excluding hydrogens is 385 g/mol. The molecule has 1 aliphatic rings. The van der Waals surface area contributed by atoms with Crippen LogP contribution in [0.3, 0.4) is 0 Å². The summed E-state index contributed by atoms with van der Waals surface area (Å²) in [6.07, 6.45) is 1.42. The fourth-order valence-electron chi connectivity index (χ4n) is 3.07. The van der Waals surface area contributed by atoms with Crippen molar-refractivity contribution in [1.29, 1.82) is 0 Å². The Hall–Kier alpha value is -1.22. The molecule has 144 valence electrons. The summed E-state index contributed by atoms with van der Waals surface area (Å²) in [6.45, 7) is 2.95. The van der Waals surface area contributed by atoms with Gasteiger partial charge in [0.15, 0.2) is 0 Å². The second-order valence-electron chi connectivity index (χ2n) is 6.18. The molecule has 1 N–H and O–H groups in total. The van der Waals surface area contributed by atoms with Crippen LogP contribution in [0.15, 0.2) is 30.6 Å². The number of pyridine rings is 1. The van der Waals surface area contributed by atoms with E-state index in [1.54, 1.807) is 6.20 Å². The van der Waals surface area contributed by atoms with Crippen molar-refractivity contribution in [3.8, 4) is 0 Å². The third-order valence-corrected chi connectivity index (χ3v) is 5.35. The summed E-state index contributed by atoms with van der Waals surface area (Å²) in [5, 5.41) is 3.88. The van der Waals surface area contributed by atoms with E-state index >= 15 is 0 Å². The van der Waals surface area contributed by atoms with E-state index in [1.165, 1.54) is 0 Å². The number of hydrogen-bond donors (Lipinski definition) is 1. The van der Waals surface area contributed by atoms with E-state index in [4.69, 9.17) is 0 Å². The van der Waals surface area contributed by atoms with Gasteiger partial charge in [0.2, 0.25) is 0 Å². The SMILES string of the molecule is Cl.FC(F)(F)c1cnc(CN(Cc2ccccn2)C2CCCNCC2)s1. The quantitative estimate of drug-likeness (QED) is 0.810. The number of nitrogens with one attached hydrogen (secondary N) is 1. The van der Waals surface area contributed by atoms with Gasteiger partial charge in [0.05, 0.1) is 18.4 Å². The Kier molecular flexibility index (Phi) is 7.82. The highest BCUT2D eigenvalue weighted by molar-refractivity contribution is 7.11. The Labute approximate surface area is 161 Å². The standard InChI is InChI=1S/C17H21F3N4S.ClH/c18-17(19,20)15-10-23-16(25-15)12-24(11-13-4-1-2-8-22-13)14-5-3-7-21-9-6-14;/h1-2,4,8,10,14,21H,3,5-7,9,11-12H2;1H. The molecule has 0 spiro atoms. The Morgan fingerprint density at radius 2 is 2.00 bits per heavy atom. The zero-order valence-electron chi connectivity index (χ0n) is 14.2. The maximum atomic E-state index is 12.8. The first-order valence-electron chi connectivity index (χ1n) is 8.39. The van der Waals surface area contributed by atoms with Crippen LogP contribution in [0.25, 0.3) is 0 Å². The van der Waals surface area contributed by atoms with Crippen LogP contribution in [0.2, 0.25) is 0 Å². The molecule has 26 heavy (non-hydrogen) atoms. The number of rotatable bonds is 5. The normalized spacial score (nSPS) is 18.4. The summed E-state index contributed by atoms with van der Waals surface area (Å²) in [4.78, 5) is 9.95. The zero-order chi connectivity index (χ0) is 17.7. The van der Waals surface area contributed by atoms with Gasteiger partial charge in [-0.25, -0.2) is 4.98 Å². The molecule has 1 atom stereocenters. The molecule has 2 aromatic heterocycles. The first kappa shape index (κ1) is 21.1. The molecule has 9 heteroatoms. The number of halogens is 4. The monoisotopic (exact) mass is 406 g/mol. The predicted molar refractivity (Wildman–Crippen MR) is 98.4 cm³/mol. The third kappa shape index (κ3) is 5.90. The molecule has 0 amide bonds. The van der Waals surface area contributed by atoms with Crippen LogP contribution in [0, 0.1) is 0 Å². The Morgan fingerprint density at radius 3 is 2.69 bits per heavy atom. The number of thiazole rings is 1. The van der Waals surface area contributed by atoms with Gasteiger partial charge in [0, 0.05) is 18.8 Å². The molecule has 4 nitrogen and oxygen atoms in total. The lowest BCUT2D eigenvalue weighted by Crippen LogP contribution is -2.35. The molecule has 1 unspecified atom stereocenters. The predicted octanol–water partition coefficient (Wildman–Crippen LogP) is 4.12. The van der Waals surface area contributed by atoms with Crippen molar-refractivity contribution in [2.75, 3.05) is 13.1 Å². The Bertz CT molecular complexity index is 658. The minimum atomic E-state index is -4.33. The summed E-state index contributed by atoms with van der Waals surface area (Å²) >= 11 is 0.734. The van der Waals surface area contributed by atoms with Crippen LogP contribution < -0.4 is 5.32 Å². The fraction of sp³-hybridized carbons (Fsp3) is 0.529. The van der Waals surface area contributed by atoms with Gasteiger partial charge in [-0.2, -0.15) is 13.2 Å². The topological polar surface area (TPSA) is 41.1 Å². The van der Waals surface area contributed by atoms with Crippen molar-refractivity contribution in [3.63, 3.8) is 0 Å². The van der Waals surface area contributed by atoms with Gasteiger partial charge in [-0.05, 0) is 44.5 Å². The molecule has 0 aromatic carbocycles. The smallest absolute Gasteiger partial charge is 0.317 e. The van der Waals surface area contributed by atoms with E-state index in [-0.39, 0.29) is 12.4 Å². The van der Waals surface area contributed by atoms with E-state index in [0.29, 0.717) is 24.1 Å². The molecule has 0 radical (unpaired) electrons. The maximum absolute atomic E-state index is 12.8. The fourth-order valence-corrected chi connectivity index (χ4v) is 3.88. The molecule has 2 aromatic rings.